The van der Waals surface area contributed by atoms with E-state index in [1.807, 2.05) is 0 Å². The SMILES string of the molecule is Cc1ccc2c(c1)-c1cc3c(cc1CC2)-c1ccccc1CC3. The Bertz CT molecular complexity index is 931. The van der Waals surface area contributed by atoms with Crippen LogP contribution < -0.4 is 0 Å². The maximum Gasteiger partial charge on any atom is -0.0146 e. The molecule has 5 rings (SSSR count). The molecule has 0 fully saturated rings. The lowest BCUT2D eigenvalue weighted by atomic mass is 9.78. The summed E-state index contributed by atoms with van der Waals surface area (Å²) in [6.07, 6.45) is 4.67. The van der Waals surface area contributed by atoms with Gasteiger partial charge in [-0.1, -0.05) is 60.2 Å². The van der Waals surface area contributed by atoms with Gasteiger partial charge in [0.15, 0.2) is 0 Å². The fourth-order valence-electron chi connectivity index (χ4n) is 4.30. The summed E-state index contributed by atoms with van der Waals surface area (Å²) in [6, 6.07) is 20.8. The van der Waals surface area contributed by atoms with Gasteiger partial charge in [-0.25, -0.2) is 0 Å². The summed E-state index contributed by atoms with van der Waals surface area (Å²) < 4.78 is 0. The van der Waals surface area contributed by atoms with Crippen molar-refractivity contribution in [3.05, 3.63) is 82.4 Å². The van der Waals surface area contributed by atoms with Crippen molar-refractivity contribution in [3.8, 4) is 22.3 Å². The van der Waals surface area contributed by atoms with Crippen LogP contribution in [0.25, 0.3) is 22.3 Å². The molecule has 0 atom stereocenters. The van der Waals surface area contributed by atoms with Gasteiger partial charge in [0, 0.05) is 0 Å². The van der Waals surface area contributed by atoms with E-state index in [-0.39, 0.29) is 0 Å². The lowest BCUT2D eigenvalue weighted by Crippen LogP contribution is -2.09. The van der Waals surface area contributed by atoms with E-state index >= 15 is 0 Å². The van der Waals surface area contributed by atoms with Crippen molar-refractivity contribution in [1.29, 1.82) is 0 Å². The molecule has 0 bridgehead atoms. The first-order valence-electron chi connectivity index (χ1n) is 8.63. The maximum atomic E-state index is 2.48. The Morgan fingerprint density at radius 1 is 0.522 bits per heavy atom. The average molecular weight is 296 g/mol. The van der Waals surface area contributed by atoms with Gasteiger partial charge in [0.05, 0.1) is 0 Å². The smallest absolute Gasteiger partial charge is 0.0146 e. The van der Waals surface area contributed by atoms with Gasteiger partial charge in [-0.2, -0.15) is 0 Å². The summed E-state index contributed by atoms with van der Waals surface area (Å²) in [5, 5.41) is 0. The van der Waals surface area contributed by atoms with Crippen LogP contribution in [0.3, 0.4) is 0 Å². The van der Waals surface area contributed by atoms with E-state index in [1.54, 1.807) is 0 Å². The Kier molecular flexibility index (Phi) is 2.76. The van der Waals surface area contributed by atoms with Crippen molar-refractivity contribution < 1.29 is 0 Å². The zero-order valence-electron chi connectivity index (χ0n) is 13.5. The third kappa shape index (κ3) is 1.98. The third-order valence-corrected chi connectivity index (χ3v) is 5.52. The summed E-state index contributed by atoms with van der Waals surface area (Å²) in [4.78, 5) is 0. The van der Waals surface area contributed by atoms with E-state index < -0.39 is 0 Å². The molecule has 0 spiro atoms. The molecule has 112 valence electrons. The topological polar surface area (TPSA) is 0 Å². The summed E-state index contributed by atoms with van der Waals surface area (Å²) in [5.74, 6) is 0. The number of aryl methyl sites for hydroxylation is 5. The predicted octanol–water partition coefficient (Wildman–Crippen LogP) is 5.53. The molecule has 23 heavy (non-hydrogen) atoms. The molecule has 0 saturated carbocycles. The molecule has 0 N–H and O–H groups in total. The number of rotatable bonds is 0. The zero-order valence-corrected chi connectivity index (χ0v) is 13.5. The second-order valence-electron chi connectivity index (χ2n) is 6.98. The highest BCUT2D eigenvalue weighted by Crippen LogP contribution is 2.41. The van der Waals surface area contributed by atoms with Gasteiger partial charge in [0.2, 0.25) is 0 Å². The average Bonchev–Trinajstić information content (AvgIpc) is 2.60. The third-order valence-electron chi connectivity index (χ3n) is 5.52. The number of benzene rings is 3. The minimum atomic E-state index is 1.17. The molecule has 0 aromatic heterocycles. The monoisotopic (exact) mass is 296 g/mol. The van der Waals surface area contributed by atoms with Gasteiger partial charge in [0.1, 0.15) is 0 Å². The van der Waals surface area contributed by atoms with E-state index in [4.69, 9.17) is 0 Å². The minimum absolute atomic E-state index is 1.17. The fraction of sp³-hybridized carbons (Fsp3) is 0.217. The number of hydrogen-bond donors (Lipinski definition) is 0. The predicted molar refractivity (Wildman–Crippen MR) is 96.9 cm³/mol. The molecule has 2 aliphatic carbocycles. The first-order valence-corrected chi connectivity index (χ1v) is 8.63. The van der Waals surface area contributed by atoms with Gasteiger partial charge in [-0.15, -0.1) is 0 Å². The normalized spacial score (nSPS) is 14.5. The highest BCUT2D eigenvalue weighted by atomic mass is 14.3. The molecule has 0 aliphatic heterocycles. The summed E-state index contributed by atoms with van der Waals surface area (Å²) >= 11 is 0. The second-order valence-corrected chi connectivity index (χ2v) is 6.98. The van der Waals surface area contributed by atoms with E-state index in [2.05, 4.69) is 61.5 Å². The Labute approximate surface area is 137 Å². The van der Waals surface area contributed by atoms with E-state index in [9.17, 15) is 0 Å². The van der Waals surface area contributed by atoms with Crippen LogP contribution in [-0.4, -0.2) is 0 Å². The van der Waals surface area contributed by atoms with Crippen LogP contribution in [-0.2, 0) is 25.7 Å². The molecule has 0 heteroatoms. The largest absolute Gasteiger partial charge is 0.0620 e. The highest BCUT2D eigenvalue weighted by Gasteiger charge is 2.22. The molecule has 0 amide bonds. The molecular formula is C23H20. The minimum Gasteiger partial charge on any atom is -0.0620 e. The van der Waals surface area contributed by atoms with Crippen molar-refractivity contribution in [2.45, 2.75) is 32.6 Å². The summed E-state index contributed by atoms with van der Waals surface area (Å²) in [5.41, 5.74) is 13.3. The molecule has 2 aliphatic rings. The van der Waals surface area contributed by atoms with Crippen molar-refractivity contribution in [1.82, 2.24) is 0 Å². The van der Waals surface area contributed by atoms with Crippen LogP contribution in [0.4, 0.5) is 0 Å². The van der Waals surface area contributed by atoms with Gasteiger partial charge in [-0.3, -0.25) is 0 Å². The molecule has 0 radical (unpaired) electrons. The Morgan fingerprint density at radius 2 is 1.09 bits per heavy atom. The number of hydrogen-bond acceptors (Lipinski definition) is 0. The molecule has 0 heterocycles. The maximum absolute atomic E-state index is 2.48. The lowest BCUT2D eigenvalue weighted by Gasteiger charge is -2.26. The summed E-state index contributed by atoms with van der Waals surface area (Å²) in [6.45, 7) is 2.20. The molecular weight excluding hydrogens is 276 g/mol. The Morgan fingerprint density at radius 3 is 1.87 bits per heavy atom. The van der Waals surface area contributed by atoms with Crippen molar-refractivity contribution >= 4 is 0 Å². The van der Waals surface area contributed by atoms with Gasteiger partial charge >= 0.3 is 0 Å². The quantitative estimate of drug-likeness (QED) is 0.512. The Balaban J connectivity index is 1.75. The van der Waals surface area contributed by atoms with Crippen LogP contribution in [0, 0.1) is 6.92 Å². The van der Waals surface area contributed by atoms with Gasteiger partial charge in [0.25, 0.3) is 0 Å². The van der Waals surface area contributed by atoms with Crippen LogP contribution in [0.2, 0.25) is 0 Å². The van der Waals surface area contributed by atoms with Crippen molar-refractivity contribution in [2.75, 3.05) is 0 Å². The van der Waals surface area contributed by atoms with Crippen LogP contribution >= 0.6 is 0 Å². The first kappa shape index (κ1) is 13.1. The van der Waals surface area contributed by atoms with Crippen molar-refractivity contribution in [2.24, 2.45) is 0 Å². The molecule has 3 aromatic rings. The van der Waals surface area contributed by atoms with Gasteiger partial charge in [-0.05, 0) is 77.1 Å². The fourth-order valence-corrected chi connectivity index (χ4v) is 4.30. The second kappa shape index (κ2) is 4.83. The Hall–Kier alpha value is -2.34. The number of fused-ring (bicyclic) bond motifs is 6. The van der Waals surface area contributed by atoms with E-state index in [0.717, 1.165) is 0 Å². The van der Waals surface area contributed by atoms with Crippen molar-refractivity contribution in [3.63, 3.8) is 0 Å². The van der Waals surface area contributed by atoms with E-state index in [1.165, 1.54) is 75.8 Å². The lowest BCUT2D eigenvalue weighted by molar-refractivity contribution is 0.916. The zero-order chi connectivity index (χ0) is 15.4. The van der Waals surface area contributed by atoms with Crippen LogP contribution in [0.1, 0.15) is 27.8 Å². The highest BCUT2D eigenvalue weighted by molar-refractivity contribution is 5.81. The van der Waals surface area contributed by atoms with E-state index in [0.29, 0.717) is 0 Å². The first-order chi connectivity index (χ1) is 11.3. The molecule has 0 unspecified atom stereocenters. The van der Waals surface area contributed by atoms with Crippen LogP contribution in [0.15, 0.2) is 54.6 Å². The summed E-state index contributed by atoms with van der Waals surface area (Å²) in [7, 11) is 0. The molecule has 0 nitrogen and oxygen atoms in total. The standard InChI is InChI=1S/C23H20/c1-15-6-7-17-9-11-19-13-22-18(14-23(19)21(17)12-15)10-8-16-4-2-3-5-20(16)22/h2-7,12-14H,8-11H2,1H3. The molecule has 3 aromatic carbocycles. The van der Waals surface area contributed by atoms with Crippen LogP contribution in [0.5, 0.6) is 0 Å². The van der Waals surface area contributed by atoms with Gasteiger partial charge < -0.3 is 0 Å². The molecule has 0 saturated heterocycles.